The van der Waals surface area contributed by atoms with Gasteiger partial charge in [0.15, 0.2) is 0 Å². The molecular formula is C17H21NO3. The summed E-state index contributed by atoms with van der Waals surface area (Å²) in [6.45, 7) is 0.588. The Morgan fingerprint density at radius 2 is 1.90 bits per heavy atom. The van der Waals surface area contributed by atoms with Gasteiger partial charge in [-0.1, -0.05) is 18.2 Å². The first kappa shape index (κ1) is 14.1. The van der Waals surface area contributed by atoms with Gasteiger partial charge in [-0.3, -0.25) is 9.59 Å². The molecule has 21 heavy (non-hydrogen) atoms. The third-order valence-corrected chi connectivity index (χ3v) is 4.66. The molecular weight excluding hydrogens is 266 g/mol. The van der Waals surface area contributed by atoms with Gasteiger partial charge in [-0.25, -0.2) is 0 Å². The van der Waals surface area contributed by atoms with Gasteiger partial charge in [0.2, 0.25) is 5.91 Å². The van der Waals surface area contributed by atoms with Gasteiger partial charge in [-0.05, 0) is 25.3 Å². The molecule has 0 bridgehead atoms. The third kappa shape index (κ3) is 2.80. The molecule has 1 aliphatic carbocycles. The van der Waals surface area contributed by atoms with Crippen LogP contribution in [0.1, 0.15) is 43.6 Å². The summed E-state index contributed by atoms with van der Waals surface area (Å²) >= 11 is 0. The zero-order valence-corrected chi connectivity index (χ0v) is 12.4. The fraction of sp³-hybridized carbons (Fsp3) is 0.529. The van der Waals surface area contributed by atoms with Crippen LogP contribution in [0.25, 0.3) is 0 Å². The first-order valence-electron chi connectivity index (χ1n) is 7.67. The zero-order chi connectivity index (χ0) is 14.8. The number of likely N-dealkylation sites (N-methyl/N-ethyl adjacent to an activating group) is 1. The number of nitrogens with zero attached hydrogens (tertiary/aromatic N) is 1. The molecule has 1 amide bonds. The van der Waals surface area contributed by atoms with Crippen molar-refractivity contribution in [2.75, 3.05) is 13.7 Å². The molecule has 1 unspecified atom stereocenters. The maximum absolute atomic E-state index is 12.8. The molecule has 0 N–H and O–H groups in total. The summed E-state index contributed by atoms with van der Waals surface area (Å²) in [6, 6.07) is 7.99. The number of Topliss-reactive ketones (excluding diaryl/α,β-unsaturated/α-hetero) is 1. The Balaban J connectivity index is 1.75. The normalized spacial score (nSPS) is 22.3. The van der Waals surface area contributed by atoms with Crippen LogP contribution in [-0.4, -0.2) is 36.3 Å². The van der Waals surface area contributed by atoms with Gasteiger partial charge in [0.25, 0.3) is 0 Å². The van der Waals surface area contributed by atoms with Crippen molar-refractivity contribution in [1.29, 1.82) is 0 Å². The molecule has 0 aromatic heterocycles. The van der Waals surface area contributed by atoms with E-state index in [0.29, 0.717) is 25.2 Å². The van der Waals surface area contributed by atoms with Crippen LogP contribution in [0.2, 0.25) is 0 Å². The second kappa shape index (κ2) is 5.88. The highest BCUT2D eigenvalue weighted by Gasteiger charge is 2.33. The lowest BCUT2D eigenvalue weighted by molar-refractivity contribution is -0.136. The van der Waals surface area contributed by atoms with Gasteiger partial charge in [0, 0.05) is 31.5 Å². The SMILES string of the molecule is CN(C(=O)C1CCOc2ccccc21)C1CCC(=O)CC1. The lowest BCUT2D eigenvalue weighted by atomic mass is 9.89. The number of carbonyl (C=O) groups excluding carboxylic acids is 2. The van der Waals surface area contributed by atoms with Crippen LogP contribution in [0.5, 0.6) is 5.75 Å². The van der Waals surface area contributed by atoms with E-state index >= 15 is 0 Å². The van der Waals surface area contributed by atoms with Crippen molar-refractivity contribution in [3.63, 3.8) is 0 Å². The predicted molar refractivity (Wildman–Crippen MR) is 79.3 cm³/mol. The number of ether oxygens (including phenoxy) is 1. The van der Waals surface area contributed by atoms with Gasteiger partial charge in [-0.2, -0.15) is 0 Å². The van der Waals surface area contributed by atoms with Crippen molar-refractivity contribution in [2.24, 2.45) is 0 Å². The van der Waals surface area contributed by atoms with Crippen LogP contribution in [0, 0.1) is 0 Å². The molecule has 3 rings (SSSR count). The number of carbonyl (C=O) groups is 2. The number of fused-ring (bicyclic) bond motifs is 1. The molecule has 4 heteroatoms. The second-order valence-electron chi connectivity index (χ2n) is 5.95. The Bertz CT molecular complexity index is 545. The average molecular weight is 287 g/mol. The maximum Gasteiger partial charge on any atom is 0.230 e. The number of amides is 1. The summed E-state index contributed by atoms with van der Waals surface area (Å²) in [5.74, 6) is 1.19. The number of benzene rings is 1. The summed E-state index contributed by atoms with van der Waals surface area (Å²) in [7, 11) is 1.88. The first-order chi connectivity index (χ1) is 10.2. The fourth-order valence-electron chi connectivity index (χ4n) is 3.34. The van der Waals surface area contributed by atoms with Crippen molar-refractivity contribution in [2.45, 2.75) is 44.1 Å². The van der Waals surface area contributed by atoms with Crippen molar-refractivity contribution in [1.82, 2.24) is 4.90 Å². The molecule has 1 fully saturated rings. The van der Waals surface area contributed by atoms with Crippen molar-refractivity contribution >= 4 is 11.7 Å². The molecule has 112 valence electrons. The summed E-state index contributed by atoms with van der Waals surface area (Å²) in [4.78, 5) is 26.0. The molecule has 4 nitrogen and oxygen atoms in total. The monoisotopic (exact) mass is 287 g/mol. The van der Waals surface area contributed by atoms with Gasteiger partial charge >= 0.3 is 0 Å². The van der Waals surface area contributed by atoms with E-state index in [4.69, 9.17) is 4.74 Å². The van der Waals surface area contributed by atoms with E-state index in [1.165, 1.54) is 0 Å². The molecule has 0 saturated heterocycles. The van der Waals surface area contributed by atoms with Crippen LogP contribution in [-0.2, 0) is 9.59 Å². The van der Waals surface area contributed by atoms with E-state index < -0.39 is 0 Å². The lowest BCUT2D eigenvalue weighted by Crippen LogP contribution is -2.42. The van der Waals surface area contributed by atoms with Crippen LogP contribution >= 0.6 is 0 Å². The standard InChI is InChI=1S/C17H21NO3/c1-18(12-6-8-13(19)9-7-12)17(20)15-10-11-21-16-5-3-2-4-14(15)16/h2-5,12,15H,6-11H2,1H3. The van der Waals surface area contributed by atoms with Crippen molar-refractivity contribution < 1.29 is 14.3 Å². The summed E-state index contributed by atoms with van der Waals surface area (Å²) in [5, 5.41) is 0. The molecule has 1 atom stereocenters. The molecule has 0 radical (unpaired) electrons. The largest absolute Gasteiger partial charge is 0.493 e. The predicted octanol–water partition coefficient (Wildman–Crippen LogP) is 2.52. The zero-order valence-electron chi connectivity index (χ0n) is 12.4. The highest BCUT2D eigenvalue weighted by Crippen LogP contribution is 2.35. The van der Waals surface area contributed by atoms with Crippen LogP contribution < -0.4 is 4.74 Å². The lowest BCUT2D eigenvalue weighted by Gasteiger charge is -2.35. The summed E-state index contributed by atoms with van der Waals surface area (Å²) in [6.07, 6.45) is 3.53. The fourth-order valence-corrected chi connectivity index (χ4v) is 3.34. The van der Waals surface area contributed by atoms with Gasteiger partial charge in [0.05, 0.1) is 12.5 Å². The molecule has 2 aliphatic rings. The molecule has 1 saturated carbocycles. The highest BCUT2D eigenvalue weighted by atomic mass is 16.5. The Hall–Kier alpha value is -1.84. The van der Waals surface area contributed by atoms with E-state index in [1.54, 1.807) is 0 Å². The van der Waals surface area contributed by atoms with Crippen LogP contribution in [0.4, 0.5) is 0 Å². The minimum Gasteiger partial charge on any atom is -0.493 e. The van der Waals surface area contributed by atoms with E-state index in [2.05, 4.69) is 0 Å². The van der Waals surface area contributed by atoms with E-state index in [0.717, 1.165) is 30.6 Å². The number of para-hydroxylation sites is 1. The van der Waals surface area contributed by atoms with Gasteiger partial charge < -0.3 is 9.64 Å². The molecule has 0 spiro atoms. The minimum absolute atomic E-state index is 0.113. The molecule has 1 heterocycles. The summed E-state index contributed by atoms with van der Waals surface area (Å²) < 4.78 is 5.63. The summed E-state index contributed by atoms with van der Waals surface area (Å²) in [5.41, 5.74) is 0.993. The topological polar surface area (TPSA) is 46.6 Å². The third-order valence-electron chi connectivity index (χ3n) is 4.66. The van der Waals surface area contributed by atoms with Crippen molar-refractivity contribution in [3.8, 4) is 5.75 Å². The average Bonchev–Trinajstić information content (AvgIpc) is 2.53. The number of ketones is 1. The minimum atomic E-state index is -0.113. The quantitative estimate of drug-likeness (QED) is 0.839. The van der Waals surface area contributed by atoms with Crippen molar-refractivity contribution in [3.05, 3.63) is 29.8 Å². The van der Waals surface area contributed by atoms with E-state index in [-0.39, 0.29) is 17.9 Å². The number of hydrogen-bond acceptors (Lipinski definition) is 3. The van der Waals surface area contributed by atoms with E-state index in [9.17, 15) is 9.59 Å². The smallest absolute Gasteiger partial charge is 0.230 e. The molecule has 1 aromatic rings. The Kier molecular flexibility index (Phi) is 3.95. The van der Waals surface area contributed by atoms with Gasteiger partial charge in [0.1, 0.15) is 11.5 Å². The first-order valence-corrected chi connectivity index (χ1v) is 7.67. The van der Waals surface area contributed by atoms with Crippen LogP contribution in [0.15, 0.2) is 24.3 Å². The maximum atomic E-state index is 12.8. The molecule has 1 aromatic carbocycles. The van der Waals surface area contributed by atoms with Gasteiger partial charge in [-0.15, -0.1) is 0 Å². The number of hydrogen-bond donors (Lipinski definition) is 0. The highest BCUT2D eigenvalue weighted by molar-refractivity contribution is 5.85. The Morgan fingerprint density at radius 1 is 1.19 bits per heavy atom. The second-order valence-corrected chi connectivity index (χ2v) is 5.95. The Labute approximate surface area is 125 Å². The van der Waals surface area contributed by atoms with E-state index in [1.807, 2.05) is 36.2 Å². The Morgan fingerprint density at radius 3 is 2.67 bits per heavy atom. The molecule has 1 aliphatic heterocycles. The van der Waals surface area contributed by atoms with Crippen LogP contribution in [0.3, 0.4) is 0 Å². The number of rotatable bonds is 2.